The van der Waals surface area contributed by atoms with Gasteiger partial charge in [0.2, 0.25) is 0 Å². The van der Waals surface area contributed by atoms with Gasteiger partial charge in [-0.3, -0.25) is 0 Å². The molecule has 17 heavy (non-hydrogen) atoms. The second-order valence-electron chi connectivity index (χ2n) is 4.81. The van der Waals surface area contributed by atoms with E-state index in [1.807, 2.05) is 6.92 Å². The molecule has 1 heterocycles. The quantitative estimate of drug-likeness (QED) is 0.743. The lowest BCUT2D eigenvalue weighted by Crippen LogP contribution is -2.42. The van der Waals surface area contributed by atoms with Crippen LogP contribution in [0.2, 0.25) is 0 Å². The molecule has 1 unspecified atom stereocenters. The fraction of sp³-hybridized carbons (Fsp3) is 0.923. The molecule has 0 spiro atoms. The van der Waals surface area contributed by atoms with Crippen molar-refractivity contribution in [3.8, 4) is 0 Å². The molecule has 0 aliphatic carbocycles. The molecule has 0 amide bonds. The molecule has 4 heteroatoms. The monoisotopic (exact) mass is 243 g/mol. The molecule has 0 aromatic carbocycles. The van der Waals surface area contributed by atoms with Crippen molar-refractivity contribution in [2.24, 2.45) is 5.92 Å². The maximum absolute atomic E-state index is 11.0. The van der Waals surface area contributed by atoms with Crippen LogP contribution in [0.4, 0.5) is 0 Å². The van der Waals surface area contributed by atoms with Gasteiger partial charge in [-0.25, -0.2) is 4.79 Å². The van der Waals surface area contributed by atoms with E-state index >= 15 is 0 Å². The Bertz CT molecular complexity index is 225. The van der Waals surface area contributed by atoms with E-state index in [-0.39, 0.29) is 0 Å². The van der Waals surface area contributed by atoms with Gasteiger partial charge in [0.1, 0.15) is 0 Å². The van der Waals surface area contributed by atoms with Gasteiger partial charge in [-0.1, -0.05) is 19.8 Å². The number of hydrogen-bond donors (Lipinski definition) is 1. The van der Waals surface area contributed by atoms with E-state index in [4.69, 9.17) is 9.84 Å². The third-order valence-electron chi connectivity index (χ3n) is 3.47. The van der Waals surface area contributed by atoms with Crippen LogP contribution in [-0.2, 0) is 9.53 Å². The van der Waals surface area contributed by atoms with Gasteiger partial charge in [0.05, 0.1) is 0 Å². The SMILES string of the molecule is CCCC1CCN(CC(OCC)C(=O)O)CC1. The Kier molecular flexibility index (Phi) is 6.52. The molecule has 1 aliphatic rings. The van der Waals surface area contributed by atoms with Gasteiger partial charge in [0.15, 0.2) is 6.10 Å². The van der Waals surface area contributed by atoms with Crippen LogP contribution < -0.4 is 0 Å². The van der Waals surface area contributed by atoms with Gasteiger partial charge < -0.3 is 14.7 Å². The predicted molar refractivity (Wildman–Crippen MR) is 67.1 cm³/mol. The molecular weight excluding hydrogens is 218 g/mol. The van der Waals surface area contributed by atoms with Crippen LogP contribution in [0.5, 0.6) is 0 Å². The number of rotatable bonds is 7. The Morgan fingerprint density at radius 2 is 2.06 bits per heavy atom. The van der Waals surface area contributed by atoms with Crippen LogP contribution in [0.15, 0.2) is 0 Å². The second kappa shape index (κ2) is 7.67. The molecule has 1 saturated heterocycles. The first kappa shape index (κ1) is 14.5. The van der Waals surface area contributed by atoms with E-state index in [9.17, 15) is 4.79 Å². The molecule has 1 fully saturated rings. The Hall–Kier alpha value is -0.610. The predicted octanol–water partition coefficient (Wildman–Crippen LogP) is 1.99. The zero-order valence-electron chi connectivity index (χ0n) is 11.0. The fourth-order valence-corrected chi connectivity index (χ4v) is 2.50. The summed E-state index contributed by atoms with van der Waals surface area (Å²) in [6.45, 7) is 7.08. The van der Waals surface area contributed by atoms with Gasteiger partial charge in [-0.2, -0.15) is 0 Å². The largest absolute Gasteiger partial charge is 0.479 e. The van der Waals surface area contributed by atoms with Crippen LogP contribution in [0.1, 0.15) is 39.5 Å². The van der Waals surface area contributed by atoms with Gasteiger partial charge in [0, 0.05) is 13.2 Å². The summed E-state index contributed by atoms with van der Waals surface area (Å²) in [4.78, 5) is 13.2. The first-order valence-electron chi connectivity index (χ1n) is 6.74. The highest BCUT2D eigenvalue weighted by Crippen LogP contribution is 2.21. The highest BCUT2D eigenvalue weighted by Gasteiger charge is 2.24. The summed E-state index contributed by atoms with van der Waals surface area (Å²) >= 11 is 0. The van der Waals surface area contributed by atoms with Crippen LogP contribution in [0.25, 0.3) is 0 Å². The van der Waals surface area contributed by atoms with Crippen LogP contribution in [0, 0.1) is 5.92 Å². The molecular formula is C13H25NO3. The van der Waals surface area contributed by atoms with Crippen LogP contribution in [0.3, 0.4) is 0 Å². The molecule has 0 radical (unpaired) electrons. The number of nitrogens with zero attached hydrogens (tertiary/aromatic N) is 1. The third-order valence-corrected chi connectivity index (χ3v) is 3.47. The van der Waals surface area contributed by atoms with E-state index in [0.29, 0.717) is 13.2 Å². The van der Waals surface area contributed by atoms with E-state index in [1.165, 1.54) is 25.7 Å². The molecule has 1 aliphatic heterocycles. The van der Waals surface area contributed by atoms with Crippen LogP contribution >= 0.6 is 0 Å². The molecule has 0 saturated carbocycles. The minimum Gasteiger partial charge on any atom is -0.479 e. The molecule has 0 aromatic heterocycles. The Labute approximate surface area is 104 Å². The number of carboxylic acid groups (broad SMARTS) is 1. The summed E-state index contributed by atoms with van der Waals surface area (Å²) in [5, 5.41) is 9.02. The third kappa shape index (κ3) is 5.04. The van der Waals surface area contributed by atoms with Crippen molar-refractivity contribution in [3.05, 3.63) is 0 Å². The number of likely N-dealkylation sites (tertiary alicyclic amines) is 1. The van der Waals surface area contributed by atoms with Crippen molar-refractivity contribution in [3.63, 3.8) is 0 Å². The fourth-order valence-electron chi connectivity index (χ4n) is 2.50. The number of aliphatic carboxylic acids is 1. The topological polar surface area (TPSA) is 49.8 Å². The highest BCUT2D eigenvalue weighted by molar-refractivity contribution is 5.72. The van der Waals surface area contributed by atoms with Crippen LogP contribution in [-0.4, -0.2) is 48.3 Å². The zero-order valence-corrected chi connectivity index (χ0v) is 11.0. The maximum atomic E-state index is 11.0. The smallest absolute Gasteiger partial charge is 0.334 e. The van der Waals surface area contributed by atoms with Crippen molar-refractivity contribution >= 4 is 5.97 Å². The highest BCUT2D eigenvalue weighted by atomic mass is 16.5. The number of carbonyl (C=O) groups is 1. The van der Waals surface area contributed by atoms with Crippen molar-refractivity contribution in [1.82, 2.24) is 4.90 Å². The number of piperidine rings is 1. The molecule has 0 bridgehead atoms. The lowest BCUT2D eigenvalue weighted by molar-refractivity contribution is -0.151. The number of hydrogen-bond acceptors (Lipinski definition) is 3. The average Bonchev–Trinajstić information content (AvgIpc) is 2.31. The lowest BCUT2D eigenvalue weighted by Gasteiger charge is -2.33. The summed E-state index contributed by atoms with van der Waals surface area (Å²) in [5.74, 6) is -0.00541. The first-order valence-corrected chi connectivity index (χ1v) is 6.74. The molecule has 4 nitrogen and oxygen atoms in total. The van der Waals surface area contributed by atoms with Gasteiger partial charge in [-0.05, 0) is 38.8 Å². The van der Waals surface area contributed by atoms with Crippen molar-refractivity contribution in [1.29, 1.82) is 0 Å². The van der Waals surface area contributed by atoms with Gasteiger partial charge in [-0.15, -0.1) is 0 Å². The van der Waals surface area contributed by atoms with E-state index in [1.54, 1.807) is 0 Å². The number of carboxylic acids is 1. The van der Waals surface area contributed by atoms with Crippen molar-refractivity contribution in [2.75, 3.05) is 26.2 Å². The standard InChI is InChI=1S/C13H25NO3/c1-3-5-11-6-8-14(9-7-11)10-12(13(15)16)17-4-2/h11-12H,3-10H2,1-2H3,(H,15,16). The zero-order chi connectivity index (χ0) is 12.7. The average molecular weight is 243 g/mol. The Morgan fingerprint density at radius 1 is 1.41 bits per heavy atom. The molecule has 100 valence electrons. The van der Waals surface area contributed by atoms with Gasteiger partial charge in [0.25, 0.3) is 0 Å². The Morgan fingerprint density at radius 3 is 2.53 bits per heavy atom. The summed E-state index contributed by atoms with van der Waals surface area (Å²) in [7, 11) is 0. The number of ether oxygens (including phenoxy) is 1. The molecule has 1 atom stereocenters. The maximum Gasteiger partial charge on any atom is 0.334 e. The van der Waals surface area contributed by atoms with Gasteiger partial charge >= 0.3 is 5.97 Å². The summed E-state index contributed by atoms with van der Waals surface area (Å²) in [6.07, 6.45) is 4.30. The van der Waals surface area contributed by atoms with E-state index in [2.05, 4.69) is 11.8 Å². The van der Waals surface area contributed by atoms with E-state index in [0.717, 1.165) is 19.0 Å². The van der Waals surface area contributed by atoms with Crippen molar-refractivity contribution in [2.45, 2.75) is 45.6 Å². The lowest BCUT2D eigenvalue weighted by atomic mass is 9.92. The Balaban J connectivity index is 2.30. The summed E-state index contributed by atoms with van der Waals surface area (Å²) in [5.41, 5.74) is 0. The normalized spacial score (nSPS) is 20.4. The molecule has 1 N–H and O–H groups in total. The minimum atomic E-state index is -0.845. The van der Waals surface area contributed by atoms with Crippen molar-refractivity contribution < 1.29 is 14.6 Å². The summed E-state index contributed by atoms with van der Waals surface area (Å²) in [6, 6.07) is 0. The molecule has 1 rings (SSSR count). The summed E-state index contributed by atoms with van der Waals surface area (Å²) < 4.78 is 5.24. The minimum absolute atomic E-state index is 0.462. The first-order chi connectivity index (χ1) is 8.17. The van der Waals surface area contributed by atoms with E-state index < -0.39 is 12.1 Å². The second-order valence-corrected chi connectivity index (χ2v) is 4.81. The molecule has 0 aromatic rings.